The molecule has 148 valence electrons. The maximum absolute atomic E-state index is 12.0. The highest BCUT2D eigenvalue weighted by molar-refractivity contribution is 6.30. The minimum absolute atomic E-state index is 0.341. The van der Waals surface area contributed by atoms with Gasteiger partial charge in [-0.05, 0) is 54.3 Å². The molecule has 0 saturated heterocycles. The summed E-state index contributed by atoms with van der Waals surface area (Å²) in [5, 5.41) is 15.9. The fourth-order valence-electron chi connectivity index (χ4n) is 3.48. The Bertz CT molecular complexity index is 1140. The maximum Gasteiger partial charge on any atom is 0.337 e. The molecule has 8 heteroatoms. The molecule has 2 heterocycles. The molecular weight excluding hydrogens is 390 g/mol. The third kappa shape index (κ3) is 4.30. The number of aromatic amines is 1. The summed E-state index contributed by atoms with van der Waals surface area (Å²) in [5.74, 6) is 0.325. The van der Waals surface area contributed by atoms with Crippen molar-refractivity contribution in [1.82, 2.24) is 25.2 Å². The van der Waals surface area contributed by atoms with Gasteiger partial charge in [0.25, 0.3) is 0 Å². The molecule has 2 aromatic heterocycles. The molecule has 2 aromatic carbocycles. The average molecular weight is 410 g/mol. The minimum Gasteiger partial charge on any atom is -0.465 e. The van der Waals surface area contributed by atoms with E-state index in [1.54, 1.807) is 6.07 Å². The van der Waals surface area contributed by atoms with Gasteiger partial charge in [0.15, 0.2) is 5.82 Å². The van der Waals surface area contributed by atoms with Gasteiger partial charge < -0.3 is 9.30 Å². The van der Waals surface area contributed by atoms with E-state index in [-0.39, 0.29) is 5.97 Å². The minimum atomic E-state index is -0.341. The highest BCUT2D eigenvalue weighted by Gasteiger charge is 2.13. The van der Waals surface area contributed by atoms with Crippen molar-refractivity contribution in [1.29, 1.82) is 0 Å². The van der Waals surface area contributed by atoms with Gasteiger partial charge in [-0.3, -0.25) is 0 Å². The van der Waals surface area contributed by atoms with Crippen molar-refractivity contribution in [2.24, 2.45) is 0 Å². The number of carbonyl (C=O) groups excluding carboxylic acids is 1. The molecule has 0 amide bonds. The molecule has 4 rings (SSSR count). The molecule has 0 radical (unpaired) electrons. The number of tetrazole rings is 1. The molecule has 7 nitrogen and oxygen atoms in total. The van der Waals surface area contributed by atoms with Crippen LogP contribution in [0.15, 0.2) is 48.7 Å². The number of ether oxygens (including phenoxy) is 1. The second-order valence-electron chi connectivity index (χ2n) is 6.78. The fraction of sp³-hybridized carbons (Fsp3) is 0.238. The lowest BCUT2D eigenvalue weighted by Crippen LogP contribution is -2.03. The molecule has 0 bridgehead atoms. The zero-order chi connectivity index (χ0) is 20.2. The number of hydrogen-bond acceptors (Lipinski definition) is 5. The second-order valence-corrected chi connectivity index (χ2v) is 7.22. The Morgan fingerprint density at radius 2 is 2.07 bits per heavy atom. The lowest BCUT2D eigenvalue weighted by atomic mass is 10.0. The second kappa shape index (κ2) is 8.45. The normalized spacial score (nSPS) is 11.1. The lowest BCUT2D eigenvalue weighted by Gasteiger charge is -2.04. The van der Waals surface area contributed by atoms with Gasteiger partial charge in [0, 0.05) is 35.1 Å². The van der Waals surface area contributed by atoms with Gasteiger partial charge in [-0.25, -0.2) is 4.79 Å². The number of rotatable bonds is 7. The number of hydrogen-bond donors (Lipinski definition) is 1. The van der Waals surface area contributed by atoms with Gasteiger partial charge in [-0.1, -0.05) is 28.9 Å². The average Bonchev–Trinajstić information content (AvgIpc) is 3.37. The molecule has 4 aromatic rings. The molecule has 0 aliphatic carbocycles. The third-order valence-corrected chi connectivity index (χ3v) is 5.16. The van der Waals surface area contributed by atoms with Crippen molar-refractivity contribution >= 4 is 28.5 Å². The summed E-state index contributed by atoms with van der Waals surface area (Å²) in [6.45, 7) is 0.713. The number of fused-ring (bicyclic) bond motifs is 1. The van der Waals surface area contributed by atoms with Crippen LogP contribution in [-0.4, -0.2) is 38.3 Å². The van der Waals surface area contributed by atoms with Gasteiger partial charge in [0.2, 0.25) is 0 Å². The predicted molar refractivity (Wildman–Crippen MR) is 110 cm³/mol. The zero-order valence-electron chi connectivity index (χ0n) is 15.9. The van der Waals surface area contributed by atoms with E-state index >= 15 is 0 Å². The van der Waals surface area contributed by atoms with E-state index in [4.69, 9.17) is 16.3 Å². The number of nitrogens with one attached hydrogen (secondary N) is 1. The van der Waals surface area contributed by atoms with Crippen LogP contribution >= 0.6 is 11.6 Å². The van der Waals surface area contributed by atoms with Gasteiger partial charge in [0.1, 0.15) is 0 Å². The molecule has 0 aliphatic rings. The first kappa shape index (κ1) is 19.1. The SMILES string of the molecule is COC(=O)c1ccc2c(c1)c(CCc1cccc(Cl)c1)cn2CCc1nn[nH]n1. The molecular formula is C21H20ClN5O2. The van der Waals surface area contributed by atoms with Crippen molar-refractivity contribution in [3.05, 3.63) is 76.2 Å². The number of H-pyrrole nitrogens is 1. The van der Waals surface area contributed by atoms with E-state index in [1.165, 1.54) is 18.2 Å². The number of carbonyl (C=O) groups is 1. The number of methoxy groups -OCH3 is 1. The van der Waals surface area contributed by atoms with E-state index in [1.807, 2.05) is 30.3 Å². The number of halogens is 1. The van der Waals surface area contributed by atoms with Crippen LogP contribution in [-0.2, 0) is 30.5 Å². The van der Waals surface area contributed by atoms with E-state index in [0.29, 0.717) is 24.4 Å². The number of aryl methyl sites for hydroxylation is 4. The largest absolute Gasteiger partial charge is 0.465 e. The van der Waals surface area contributed by atoms with Crippen molar-refractivity contribution < 1.29 is 9.53 Å². The van der Waals surface area contributed by atoms with Crippen molar-refractivity contribution in [2.45, 2.75) is 25.8 Å². The number of esters is 1. The number of benzene rings is 2. The Kier molecular flexibility index (Phi) is 5.57. The van der Waals surface area contributed by atoms with Crippen LogP contribution in [0.5, 0.6) is 0 Å². The monoisotopic (exact) mass is 409 g/mol. The van der Waals surface area contributed by atoms with Crippen molar-refractivity contribution in [2.75, 3.05) is 7.11 Å². The number of aromatic nitrogens is 5. The van der Waals surface area contributed by atoms with Crippen LogP contribution in [0.1, 0.15) is 27.3 Å². The molecule has 0 aliphatic heterocycles. The molecule has 0 fully saturated rings. The topological polar surface area (TPSA) is 85.7 Å². The molecule has 0 saturated carbocycles. The van der Waals surface area contributed by atoms with Gasteiger partial charge in [0.05, 0.1) is 12.7 Å². The Morgan fingerprint density at radius 1 is 1.17 bits per heavy atom. The van der Waals surface area contributed by atoms with Crippen molar-refractivity contribution in [3.8, 4) is 0 Å². The first-order chi connectivity index (χ1) is 14.1. The molecule has 1 N–H and O–H groups in total. The van der Waals surface area contributed by atoms with Crippen LogP contribution in [0.4, 0.5) is 0 Å². The summed E-state index contributed by atoms with van der Waals surface area (Å²) in [7, 11) is 1.39. The van der Waals surface area contributed by atoms with E-state index in [9.17, 15) is 4.79 Å². The summed E-state index contributed by atoms with van der Waals surface area (Å²) in [5.41, 5.74) is 3.94. The van der Waals surface area contributed by atoms with Crippen LogP contribution in [0.25, 0.3) is 10.9 Å². The third-order valence-electron chi connectivity index (χ3n) is 4.92. The van der Waals surface area contributed by atoms with E-state index in [2.05, 4.69) is 37.5 Å². The number of nitrogens with zero attached hydrogens (tertiary/aromatic N) is 4. The summed E-state index contributed by atoms with van der Waals surface area (Å²) in [6, 6.07) is 13.5. The quantitative estimate of drug-likeness (QED) is 0.471. The highest BCUT2D eigenvalue weighted by Crippen LogP contribution is 2.25. The van der Waals surface area contributed by atoms with Gasteiger partial charge in [-0.15, -0.1) is 10.2 Å². The Hall–Kier alpha value is -3.19. The van der Waals surface area contributed by atoms with Crippen molar-refractivity contribution in [3.63, 3.8) is 0 Å². The maximum atomic E-state index is 12.0. The Morgan fingerprint density at radius 3 is 2.83 bits per heavy atom. The molecule has 29 heavy (non-hydrogen) atoms. The summed E-state index contributed by atoms with van der Waals surface area (Å²) >= 11 is 6.11. The van der Waals surface area contributed by atoms with E-state index in [0.717, 1.165) is 28.8 Å². The standard InChI is InChI=1S/C21H20ClN5O2/c1-29-21(28)15-7-8-19-18(12-15)16(6-5-14-3-2-4-17(22)11-14)13-27(19)10-9-20-23-25-26-24-20/h2-4,7-8,11-13H,5-6,9-10H2,1H3,(H,23,24,25,26). The van der Waals surface area contributed by atoms with Crippen LogP contribution in [0, 0.1) is 0 Å². The molecule has 0 unspecified atom stereocenters. The summed E-state index contributed by atoms with van der Waals surface area (Å²) < 4.78 is 7.05. The van der Waals surface area contributed by atoms with Crippen LogP contribution < -0.4 is 0 Å². The Labute approximate surface area is 172 Å². The first-order valence-corrected chi connectivity index (χ1v) is 9.68. The first-order valence-electron chi connectivity index (χ1n) is 9.31. The van der Waals surface area contributed by atoms with Gasteiger partial charge >= 0.3 is 5.97 Å². The Balaban J connectivity index is 1.65. The molecule has 0 atom stereocenters. The fourth-order valence-corrected chi connectivity index (χ4v) is 3.69. The summed E-state index contributed by atoms with van der Waals surface area (Å²) in [4.78, 5) is 12.0. The predicted octanol–water partition coefficient (Wildman–Crippen LogP) is 3.62. The van der Waals surface area contributed by atoms with Crippen LogP contribution in [0.3, 0.4) is 0 Å². The smallest absolute Gasteiger partial charge is 0.337 e. The van der Waals surface area contributed by atoms with Gasteiger partial charge in [-0.2, -0.15) is 5.21 Å². The lowest BCUT2D eigenvalue weighted by molar-refractivity contribution is 0.0601. The summed E-state index contributed by atoms with van der Waals surface area (Å²) in [6.07, 6.45) is 4.48. The highest BCUT2D eigenvalue weighted by atomic mass is 35.5. The van der Waals surface area contributed by atoms with Crippen LogP contribution in [0.2, 0.25) is 5.02 Å². The zero-order valence-corrected chi connectivity index (χ0v) is 16.7. The molecule has 0 spiro atoms. The van der Waals surface area contributed by atoms with E-state index < -0.39 is 0 Å².